The first-order chi connectivity index (χ1) is 8.88. The minimum atomic E-state index is -0.874. The monoisotopic (exact) mass is 264 g/mol. The molecule has 104 valence electrons. The van der Waals surface area contributed by atoms with E-state index in [1.165, 1.54) is 0 Å². The predicted molar refractivity (Wildman–Crippen MR) is 72.6 cm³/mol. The normalized spacial score (nSPS) is 12.2. The molecule has 1 rings (SSSR count). The maximum Gasteiger partial charge on any atom is 0.303 e. The molecular formula is C15H20O4. The van der Waals surface area contributed by atoms with Gasteiger partial charge in [0.2, 0.25) is 0 Å². The Morgan fingerprint density at radius 2 is 1.68 bits per heavy atom. The molecule has 4 nitrogen and oxygen atoms in total. The highest BCUT2D eigenvalue weighted by atomic mass is 16.5. The average molecular weight is 264 g/mol. The van der Waals surface area contributed by atoms with Crippen molar-refractivity contribution in [2.45, 2.75) is 39.7 Å². The molecule has 0 aliphatic rings. The van der Waals surface area contributed by atoms with Gasteiger partial charge in [-0.3, -0.25) is 9.59 Å². The fraction of sp³-hybridized carbons (Fsp3) is 0.467. The van der Waals surface area contributed by atoms with Crippen molar-refractivity contribution in [3.63, 3.8) is 0 Å². The van der Waals surface area contributed by atoms with E-state index in [2.05, 4.69) is 0 Å². The summed E-state index contributed by atoms with van der Waals surface area (Å²) in [5.74, 6) is -0.340. The van der Waals surface area contributed by atoms with Gasteiger partial charge >= 0.3 is 5.97 Å². The van der Waals surface area contributed by atoms with Gasteiger partial charge in [-0.15, -0.1) is 0 Å². The Bertz CT molecular complexity index is 434. The van der Waals surface area contributed by atoms with Crippen LogP contribution in [0.4, 0.5) is 0 Å². The van der Waals surface area contributed by atoms with Crippen LogP contribution in [0.1, 0.15) is 44.0 Å². The lowest BCUT2D eigenvalue weighted by Gasteiger charge is -2.11. The van der Waals surface area contributed by atoms with Crippen LogP contribution in [-0.4, -0.2) is 23.0 Å². The first kappa shape index (κ1) is 15.2. The number of ketones is 1. The van der Waals surface area contributed by atoms with Gasteiger partial charge in [-0.05, 0) is 44.0 Å². The smallest absolute Gasteiger partial charge is 0.303 e. The highest BCUT2D eigenvalue weighted by Crippen LogP contribution is 2.17. The summed E-state index contributed by atoms with van der Waals surface area (Å²) >= 11 is 0. The van der Waals surface area contributed by atoms with E-state index in [0.717, 1.165) is 5.75 Å². The lowest BCUT2D eigenvalue weighted by atomic mass is 9.97. The third-order valence-corrected chi connectivity index (χ3v) is 2.61. The van der Waals surface area contributed by atoms with E-state index < -0.39 is 5.97 Å². The highest BCUT2D eigenvalue weighted by Gasteiger charge is 2.14. The Morgan fingerprint density at radius 3 is 2.16 bits per heavy atom. The first-order valence-electron chi connectivity index (χ1n) is 6.40. The van der Waals surface area contributed by atoms with Crippen LogP contribution in [0.3, 0.4) is 0 Å². The largest absolute Gasteiger partial charge is 0.491 e. The van der Waals surface area contributed by atoms with Gasteiger partial charge in [0.25, 0.3) is 0 Å². The van der Waals surface area contributed by atoms with Crippen molar-refractivity contribution in [1.29, 1.82) is 0 Å². The Balaban J connectivity index is 2.60. The number of hydrogen-bond donors (Lipinski definition) is 1. The van der Waals surface area contributed by atoms with E-state index >= 15 is 0 Å². The highest BCUT2D eigenvalue weighted by molar-refractivity contribution is 5.96. The van der Waals surface area contributed by atoms with Gasteiger partial charge in [0.15, 0.2) is 5.78 Å². The molecule has 19 heavy (non-hydrogen) atoms. The number of carboxylic acid groups (broad SMARTS) is 1. The molecule has 0 aromatic heterocycles. The second kappa shape index (κ2) is 6.92. The molecule has 0 saturated heterocycles. The average Bonchev–Trinajstić information content (AvgIpc) is 2.27. The van der Waals surface area contributed by atoms with Crippen LogP contribution in [0, 0.1) is 5.92 Å². The van der Waals surface area contributed by atoms with Gasteiger partial charge in [-0.25, -0.2) is 0 Å². The fourth-order valence-corrected chi connectivity index (χ4v) is 1.80. The Hall–Kier alpha value is -1.84. The molecular weight excluding hydrogens is 244 g/mol. The minimum absolute atomic E-state index is 0.0142. The molecule has 0 amide bonds. The number of hydrogen-bond acceptors (Lipinski definition) is 3. The molecule has 1 aromatic rings. The summed E-state index contributed by atoms with van der Waals surface area (Å²) in [4.78, 5) is 22.5. The van der Waals surface area contributed by atoms with Crippen molar-refractivity contribution in [3.05, 3.63) is 29.8 Å². The van der Waals surface area contributed by atoms with Crippen molar-refractivity contribution in [3.8, 4) is 5.75 Å². The number of Topliss-reactive ketones (excluding diaryl/α,β-unsaturated/α-hetero) is 1. The van der Waals surface area contributed by atoms with Crippen LogP contribution in [0.5, 0.6) is 5.75 Å². The van der Waals surface area contributed by atoms with Crippen LogP contribution >= 0.6 is 0 Å². The lowest BCUT2D eigenvalue weighted by Crippen LogP contribution is -2.10. The van der Waals surface area contributed by atoms with E-state index in [0.29, 0.717) is 5.56 Å². The van der Waals surface area contributed by atoms with Crippen molar-refractivity contribution >= 4 is 11.8 Å². The molecule has 4 heteroatoms. The van der Waals surface area contributed by atoms with E-state index in [4.69, 9.17) is 9.84 Å². The number of rotatable bonds is 7. The molecule has 0 spiro atoms. The first-order valence-corrected chi connectivity index (χ1v) is 6.40. The maximum atomic E-state index is 11.9. The molecule has 0 saturated carbocycles. The van der Waals surface area contributed by atoms with Crippen LogP contribution in [0.2, 0.25) is 0 Å². The van der Waals surface area contributed by atoms with Gasteiger partial charge in [0.1, 0.15) is 5.75 Å². The summed E-state index contributed by atoms with van der Waals surface area (Å²) in [6, 6.07) is 6.95. The summed E-state index contributed by atoms with van der Waals surface area (Å²) in [7, 11) is 0. The topological polar surface area (TPSA) is 63.6 Å². The van der Waals surface area contributed by atoms with Crippen LogP contribution < -0.4 is 4.74 Å². The molecule has 1 atom stereocenters. The second-order valence-corrected chi connectivity index (χ2v) is 5.02. The lowest BCUT2D eigenvalue weighted by molar-refractivity contribution is -0.137. The number of benzene rings is 1. The quantitative estimate of drug-likeness (QED) is 0.768. The zero-order chi connectivity index (χ0) is 14.4. The SMILES string of the molecule is CC(CC(=O)O)CC(=O)c1ccc(OC(C)C)cc1. The van der Waals surface area contributed by atoms with E-state index in [1.807, 2.05) is 13.8 Å². The van der Waals surface area contributed by atoms with Crippen LogP contribution in [-0.2, 0) is 4.79 Å². The third-order valence-electron chi connectivity index (χ3n) is 2.61. The maximum absolute atomic E-state index is 11.9. The minimum Gasteiger partial charge on any atom is -0.491 e. The summed E-state index contributed by atoms with van der Waals surface area (Å²) < 4.78 is 5.49. The Labute approximate surface area is 113 Å². The predicted octanol–water partition coefficient (Wildman–Crippen LogP) is 3.16. The van der Waals surface area contributed by atoms with Crippen molar-refractivity contribution in [1.82, 2.24) is 0 Å². The third kappa shape index (κ3) is 5.55. The van der Waals surface area contributed by atoms with E-state index in [1.54, 1.807) is 31.2 Å². The van der Waals surface area contributed by atoms with Crippen LogP contribution in [0.15, 0.2) is 24.3 Å². The van der Waals surface area contributed by atoms with Gasteiger partial charge in [-0.1, -0.05) is 6.92 Å². The summed E-state index contributed by atoms with van der Waals surface area (Å²) in [6.45, 7) is 5.64. The van der Waals surface area contributed by atoms with Gasteiger partial charge < -0.3 is 9.84 Å². The number of carbonyl (C=O) groups excluding carboxylic acids is 1. The van der Waals surface area contributed by atoms with Crippen molar-refractivity contribution in [2.75, 3.05) is 0 Å². The zero-order valence-electron chi connectivity index (χ0n) is 11.6. The Kier molecular flexibility index (Phi) is 5.55. The fourth-order valence-electron chi connectivity index (χ4n) is 1.80. The molecule has 0 radical (unpaired) electrons. The number of ether oxygens (including phenoxy) is 1. The number of aliphatic carboxylic acids is 1. The molecule has 0 aliphatic carbocycles. The van der Waals surface area contributed by atoms with Crippen molar-refractivity contribution < 1.29 is 19.4 Å². The molecule has 0 fully saturated rings. The summed E-state index contributed by atoms with van der Waals surface area (Å²) in [5, 5.41) is 8.66. The molecule has 0 bridgehead atoms. The number of carbonyl (C=O) groups is 2. The van der Waals surface area contributed by atoms with E-state index in [-0.39, 0.29) is 30.6 Å². The Morgan fingerprint density at radius 1 is 1.11 bits per heavy atom. The zero-order valence-corrected chi connectivity index (χ0v) is 11.6. The summed E-state index contributed by atoms with van der Waals surface area (Å²) in [5.41, 5.74) is 0.591. The molecule has 1 aromatic carbocycles. The van der Waals surface area contributed by atoms with Gasteiger partial charge in [0, 0.05) is 18.4 Å². The standard InChI is InChI=1S/C15H20O4/c1-10(2)19-13-6-4-12(5-7-13)14(16)8-11(3)9-15(17)18/h4-7,10-11H,8-9H2,1-3H3,(H,17,18). The van der Waals surface area contributed by atoms with Crippen molar-refractivity contribution in [2.24, 2.45) is 5.92 Å². The molecule has 1 unspecified atom stereocenters. The van der Waals surface area contributed by atoms with Crippen LogP contribution in [0.25, 0.3) is 0 Å². The van der Waals surface area contributed by atoms with E-state index in [9.17, 15) is 9.59 Å². The number of carboxylic acids is 1. The summed E-state index contributed by atoms with van der Waals surface area (Å²) in [6.07, 6.45) is 0.355. The van der Waals surface area contributed by atoms with Gasteiger partial charge in [0.05, 0.1) is 6.10 Å². The molecule has 1 N–H and O–H groups in total. The molecule has 0 aliphatic heterocycles. The molecule has 0 heterocycles. The second-order valence-electron chi connectivity index (χ2n) is 5.02. The van der Waals surface area contributed by atoms with Gasteiger partial charge in [-0.2, -0.15) is 0 Å².